The molecule has 7 nitrogen and oxygen atoms in total. The number of pyridine rings is 1. The highest BCUT2D eigenvalue weighted by atomic mass is 16.2. The molecule has 156 valence electrons. The van der Waals surface area contributed by atoms with E-state index in [1.807, 2.05) is 66.1 Å². The highest BCUT2D eigenvalue weighted by molar-refractivity contribution is 5.94. The van der Waals surface area contributed by atoms with Gasteiger partial charge in [0, 0.05) is 18.9 Å². The van der Waals surface area contributed by atoms with Crippen molar-refractivity contribution < 1.29 is 9.59 Å². The number of imidazole rings is 1. The maximum atomic E-state index is 13.1. The molecule has 0 saturated heterocycles. The van der Waals surface area contributed by atoms with Gasteiger partial charge in [-0.15, -0.1) is 0 Å². The number of anilines is 1. The summed E-state index contributed by atoms with van der Waals surface area (Å²) >= 11 is 0. The first-order chi connectivity index (χ1) is 15.0. The number of carbonyl (C=O) groups excluding carboxylic acids is 2. The van der Waals surface area contributed by atoms with Gasteiger partial charge in [0.2, 0.25) is 5.91 Å². The minimum absolute atomic E-state index is 0.0844. The molecule has 0 fully saturated rings. The molecule has 2 amide bonds. The van der Waals surface area contributed by atoms with Gasteiger partial charge in [-0.05, 0) is 43.3 Å². The number of benzene rings is 2. The fraction of sp³-hybridized carbons (Fsp3) is 0.167. The first-order valence-corrected chi connectivity index (χ1v) is 10.0. The van der Waals surface area contributed by atoms with Gasteiger partial charge < -0.3 is 14.8 Å². The molecule has 0 saturated carbocycles. The second-order valence-corrected chi connectivity index (χ2v) is 7.24. The Labute approximate surface area is 180 Å². The number of amides is 2. The van der Waals surface area contributed by atoms with Crippen LogP contribution in [-0.4, -0.2) is 33.4 Å². The molecule has 1 atom stereocenters. The number of para-hydroxylation sites is 3. The summed E-state index contributed by atoms with van der Waals surface area (Å²) in [5.41, 5.74) is 2.75. The van der Waals surface area contributed by atoms with Gasteiger partial charge in [-0.25, -0.2) is 4.98 Å². The lowest BCUT2D eigenvalue weighted by Crippen LogP contribution is -2.33. The molecule has 1 unspecified atom stereocenters. The number of hydrogen-bond acceptors (Lipinski definition) is 4. The quantitative estimate of drug-likeness (QED) is 0.524. The Bertz CT molecular complexity index is 1200. The molecule has 0 aliphatic heterocycles. The second kappa shape index (κ2) is 8.79. The van der Waals surface area contributed by atoms with E-state index < -0.39 is 6.04 Å². The molecule has 0 bridgehead atoms. The molecule has 0 aliphatic rings. The summed E-state index contributed by atoms with van der Waals surface area (Å²) in [7, 11) is 1.75. The third kappa shape index (κ3) is 4.30. The average molecular weight is 413 g/mol. The molecule has 31 heavy (non-hydrogen) atoms. The first kappa shape index (κ1) is 20.3. The van der Waals surface area contributed by atoms with E-state index in [9.17, 15) is 9.59 Å². The number of hydrogen-bond donors (Lipinski definition) is 1. The Kier molecular flexibility index (Phi) is 5.75. The Morgan fingerprint density at radius 1 is 1.00 bits per heavy atom. The van der Waals surface area contributed by atoms with Gasteiger partial charge >= 0.3 is 0 Å². The smallest absolute Gasteiger partial charge is 0.270 e. The van der Waals surface area contributed by atoms with Gasteiger partial charge in [-0.3, -0.25) is 14.6 Å². The zero-order valence-corrected chi connectivity index (χ0v) is 17.4. The van der Waals surface area contributed by atoms with E-state index in [4.69, 9.17) is 4.98 Å². The monoisotopic (exact) mass is 413 g/mol. The topological polar surface area (TPSA) is 80.1 Å². The average Bonchev–Trinajstić information content (AvgIpc) is 3.18. The minimum Gasteiger partial charge on any atom is -0.341 e. The summed E-state index contributed by atoms with van der Waals surface area (Å²) in [6, 6.07) is 21.9. The van der Waals surface area contributed by atoms with E-state index in [1.54, 1.807) is 36.3 Å². The first-order valence-electron chi connectivity index (χ1n) is 10.0. The van der Waals surface area contributed by atoms with Crippen molar-refractivity contribution in [3.05, 3.63) is 90.5 Å². The molecule has 1 N–H and O–H groups in total. The van der Waals surface area contributed by atoms with Crippen molar-refractivity contribution in [2.75, 3.05) is 11.9 Å². The van der Waals surface area contributed by atoms with Gasteiger partial charge in [0.1, 0.15) is 18.1 Å². The van der Waals surface area contributed by atoms with Crippen LogP contribution >= 0.6 is 0 Å². The molecule has 0 spiro atoms. The van der Waals surface area contributed by atoms with Gasteiger partial charge in [0.25, 0.3) is 5.91 Å². The lowest BCUT2D eigenvalue weighted by molar-refractivity contribution is -0.118. The van der Waals surface area contributed by atoms with Crippen LogP contribution in [0.4, 0.5) is 5.69 Å². The molecule has 2 heterocycles. The van der Waals surface area contributed by atoms with Crippen molar-refractivity contribution in [3.8, 4) is 0 Å². The number of rotatable bonds is 6. The Morgan fingerprint density at radius 2 is 1.71 bits per heavy atom. The van der Waals surface area contributed by atoms with E-state index >= 15 is 0 Å². The van der Waals surface area contributed by atoms with Crippen LogP contribution < -0.4 is 10.2 Å². The van der Waals surface area contributed by atoms with Crippen molar-refractivity contribution in [2.24, 2.45) is 0 Å². The normalized spacial score (nSPS) is 11.8. The second-order valence-electron chi connectivity index (χ2n) is 7.24. The minimum atomic E-state index is -0.420. The van der Waals surface area contributed by atoms with Gasteiger partial charge in [-0.2, -0.15) is 0 Å². The molecular weight excluding hydrogens is 390 g/mol. The van der Waals surface area contributed by atoms with Crippen LogP contribution in [0.5, 0.6) is 0 Å². The summed E-state index contributed by atoms with van der Waals surface area (Å²) in [4.78, 5) is 36.1. The van der Waals surface area contributed by atoms with Crippen molar-refractivity contribution in [1.29, 1.82) is 0 Å². The summed E-state index contributed by atoms with van der Waals surface area (Å²) in [5, 5.41) is 2.94. The van der Waals surface area contributed by atoms with E-state index in [2.05, 4.69) is 10.3 Å². The maximum absolute atomic E-state index is 13.1. The molecule has 2 aromatic heterocycles. The fourth-order valence-electron chi connectivity index (χ4n) is 3.46. The van der Waals surface area contributed by atoms with Gasteiger partial charge in [0.05, 0.1) is 17.1 Å². The summed E-state index contributed by atoms with van der Waals surface area (Å²) < 4.78 is 1.86. The summed E-state index contributed by atoms with van der Waals surface area (Å²) in [5.74, 6) is 0.235. The molecule has 7 heteroatoms. The Balaban J connectivity index is 1.63. The van der Waals surface area contributed by atoms with E-state index in [0.29, 0.717) is 11.5 Å². The number of aromatic nitrogens is 3. The SMILES string of the molecule is CC(NC(=O)c1ccccn1)c1nc2ccccc2n1CC(=O)N(C)c1ccccc1. The number of nitrogens with one attached hydrogen (secondary N) is 1. The predicted octanol–water partition coefficient (Wildman–Crippen LogP) is 3.59. The largest absolute Gasteiger partial charge is 0.341 e. The van der Waals surface area contributed by atoms with E-state index in [1.165, 1.54) is 0 Å². The number of nitrogens with zero attached hydrogens (tertiary/aromatic N) is 4. The molecule has 4 rings (SSSR count). The Morgan fingerprint density at radius 3 is 2.45 bits per heavy atom. The summed E-state index contributed by atoms with van der Waals surface area (Å²) in [6.45, 7) is 1.95. The third-order valence-electron chi connectivity index (χ3n) is 5.13. The van der Waals surface area contributed by atoms with Crippen LogP contribution in [0.2, 0.25) is 0 Å². The number of carbonyl (C=O) groups is 2. The van der Waals surface area contributed by atoms with Crippen molar-refractivity contribution in [3.63, 3.8) is 0 Å². The van der Waals surface area contributed by atoms with Crippen molar-refractivity contribution >= 4 is 28.5 Å². The van der Waals surface area contributed by atoms with Crippen LogP contribution in [0.15, 0.2) is 79.0 Å². The van der Waals surface area contributed by atoms with Gasteiger partial charge in [0.15, 0.2) is 0 Å². The lowest BCUT2D eigenvalue weighted by atomic mass is 10.2. The third-order valence-corrected chi connectivity index (χ3v) is 5.13. The van der Waals surface area contributed by atoms with Crippen molar-refractivity contribution in [1.82, 2.24) is 19.9 Å². The molecule has 2 aromatic carbocycles. The van der Waals surface area contributed by atoms with Crippen LogP contribution in [0, 0.1) is 0 Å². The highest BCUT2D eigenvalue weighted by Crippen LogP contribution is 2.22. The standard InChI is InChI=1S/C24H23N5O2/c1-17(26-24(31)20-13-8-9-15-25-20)23-27-19-12-6-7-14-21(19)29(23)16-22(30)28(2)18-10-4-3-5-11-18/h3-15,17H,16H2,1-2H3,(H,26,31). The number of likely N-dealkylation sites (N-methyl/N-ethyl adjacent to an activating group) is 1. The van der Waals surface area contributed by atoms with E-state index in [-0.39, 0.29) is 18.4 Å². The van der Waals surface area contributed by atoms with Crippen LogP contribution in [0.1, 0.15) is 29.3 Å². The van der Waals surface area contributed by atoms with Crippen LogP contribution in [-0.2, 0) is 11.3 Å². The van der Waals surface area contributed by atoms with Crippen LogP contribution in [0.3, 0.4) is 0 Å². The Hall–Kier alpha value is -4.00. The zero-order chi connectivity index (χ0) is 21.8. The number of fused-ring (bicyclic) bond motifs is 1. The molecule has 0 radical (unpaired) electrons. The fourth-order valence-corrected chi connectivity index (χ4v) is 3.46. The lowest BCUT2D eigenvalue weighted by Gasteiger charge is -2.20. The molecular formula is C24H23N5O2. The molecule has 4 aromatic rings. The van der Waals surface area contributed by atoms with E-state index in [0.717, 1.165) is 16.7 Å². The van der Waals surface area contributed by atoms with Crippen LogP contribution in [0.25, 0.3) is 11.0 Å². The van der Waals surface area contributed by atoms with Crippen molar-refractivity contribution in [2.45, 2.75) is 19.5 Å². The zero-order valence-electron chi connectivity index (χ0n) is 17.4. The molecule has 0 aliphatic carbocycles. The predicted molar refractivity (Wildman–Crippen MR) is 120 cm³/mol. The maximum Gasteiger partial charge on any atom is 0.270 e. The van der Waals surface area contributed by atoms with Gasteiger partial charge in [-0.1, -0.05) is 36.4 Å². The highest BCUT2D eigenvalue weighted by Gasteiger charge is 2.22. The summed E-state index contributed by atoms with van der Waals surface area (Å²) in [6.07, 6.45) is 1.58.